The molecule has 1 amide bonds. The Morgan fingerprint density at radius 3 is 2.50 bits per heavy atom. The first-order chi connectivity index (χ1) is 12.4. The van der Waals surface area contributed by atoms with Crippen LogP contribution in [0.2, 0.25) is 0 Å². The summed E-state index contributed by atoms with van der Waals surface area (Å²) in [7, 11) is 0. The maximum Gasteiger partial charge on any atom is 0.420 e. The topological polar surface area (TPSA) is 64.2 Å². The number of nitrogens with zero attached hydrogens (tertiary/aromatic N) is 1. The predicted octanol–water partition coefficient (Wildman–Crippen LogP) is 3.44. The van der Waals surface area contributed by atoms with E-state index in [2.05, 4.69) is 38.2 Å². The summed E-state index contributed by atoms with van der Waals surface area (Å²) in [5.74, 6) is -0.708. The van der Waals surface area contributed by atoms with Crippen LogP contribution in [0.3, 0.4) is 0 Å². The minimum Gasteiger partial charge on any atom is -0.408 e. The monoisotopic (exact) mass is 352 g/mol. The molecule has 0 radical (unpaired) electrons. The molecule has 0 aliphatic heterocycles. The van der Waals surface area contributed by atoms with Crippen LogP contribution < -0.4 is 11.1 Å². The lowest BCUT2D eigenvalue weighted by Crippen LogP contribution is -2.35. The fraction of sp³-hybridized carbons (Fsp3) is 0.333. The van der Waals surface area contributed by atoms with E-state index in [9.17, 15) is 9.59 Å². The predicted molar refractivity (Wildman–Crippen MR) is 103 cm³/mol. The maximum absolute atomic E-state index is 12.5. The first kappa shape index (κ1) is 18.0. The number of oxazole rings is 1. The lowest BCUT2D eigenvalue weighted by atomic mass is 9.97. The normalized spacial score (nSPS) is 12.3. The van der Waals surface area contributed by atoms with E-state index in [0.29, 0.717) is 17.6 Å². The summed E-state index contributed by atoms with van der Waals surface area (Å²) in [5.41, 5.74) is 6.10. The lowest BCUT2D eigenvalue weighted by Gasteiger charge is -2.15. The van der Waals surface area contributed by atoms with Crippen LogP contribution in [0.1, 0.15) is 35.2 Å². The Balaban J connectivity index is 1.70. The average molecular weight is 352 g/mol. The summed E-state index contributed by atoms with van der Waals surface area (Å²) in [6.07, 6.45) is 0.761. The van der Waals surface area contributed by atoms with Gasteiger partial charge in [0, 0.05) is 6.54 Å². The first-order valence-corrected chi connectivity index (χ1v) is 8.83. The highest BCUT2D eigenvalue weighted by Crippen LogP contribution is 2.18. The first-order valence-electron chi connectivity index (χ1n) is 8.83. The van der Waals surface area contributed by atoms with Gasteiger partial charge >= 0.3 is 5.76 Å². The standard InChI is InChI=1S/C21H24N2O3/c1-13-11-14(2)17(15(3)12-13)9-10-22-20(24)16(4)23-18-7-5-6-8-19(18)26-21(23)25/h5-8,11-12,16H,9-10H2,1-4H3,(H,22,24). The van der Waals surface area contributed by atoms with E-state index in [1.165, 1.54) is 26.8 Å². The molecule has 1 atom stereocenters. The second-order valence-corrected chi connectivity index (χ2v) is 6.80. The highest BCUT2D eigenvalue weighted by molar-refractivity contribution is 5.82. The second kappa shape index (κ2) is 7.20. The Kier molecular flexibility index (Phi) is 4.98. The van der Waals surface area contributed by atoms with Crippen LogP contribution in [0.5, 0.6) is 0 Å². The molecule has 2 aromatic carbocycles. The summed E-state index contributed by atoms with van der Waals surface area (Å²) in [4.78, 5) is 24.7. The third-order valence-electron chi connectivity index (χ3n) is 4.80. The molecule has 3 aromatic rings. The Hall–Kier alpha value is -2.82. The van der Waals surface area contributed by atoms with Gasteiger partial charge in [0.15, 0.2) is 5.58 Å². The molecule has 1 N–H and O–H groups in total. The molecule has 0 saturated carbocycles. The highest BCUT2D eigenvalue weighted by atomic mass is 16.4. The van der Waals surface area contributed by atoms with Crippen molar-refractivity contribution in [1.29, 1.82) is 0 Å². The maximum atomic E-state index is 12.5. The van der Waals surface area contributed by atoms with Crippen molar-refractivity contribution >= 4 is 17.0 Å². The molecule has 0 aliphatic carbocycles. The quantitative estimate of drug-likeness (QED) is 0.765. The zero-order valence-electron chi connectivity index (χ0n) is 15.6. The Morgan fingerprint density at radius 1 is 1.15 bits per heavy atom. The zero-order valence-corrected chi connectivity index (χ0v) is 15.6. The van der Waals surface area contributed by atoms with E-state index in [4.69, 9.17) is 4.42 Å². The number of nitrogens with one attached hydrogen (secondary N) is 1. The second-order valence-electron chi connectivity index (χ2n) is 6.80. The number of fused-ring (bicyclic) bond motifs is 1. The van der Waals surface area contributed by atoms with Gasteiger partial charge in [-0.1, -0.05) is 29.8 Å². The van der Waals surface area contributed by atoms with Gasteiger partial charge in [0.2, 0.25) is 5.91 Å². The summed E-state index contributed by atoms with van der Waals surface area (Å²) in [6, 6.07) is 10.8. The SMILES string of the molecule is Cc1cc(C)c(CCNC(=O)C(C)n2c(=O)oc3ccccc32)c(C)c1. The van der Waals surface area contributed by atoms with Crippen LogP contribution in [0.4, 0.5) is 0 Å². The fourth-order valence-corrected chi connectivity index (χ4v) is 3.53. The van der Waals surface area contributed by atoms with Crippen LogP contribution in [0.25, 0.3) is 11.1 Å². The lowest BCUT2D eigenvalue weighted by molar-refractivity contribution is -0.123. The average Bonchev–Trinajstić information content (AvgIpc) is 2.92. The van der Waals surface area contributed by atoms with Crippen molar-refractivity contribution in [3.05, 3.63) is 69.2 Å². The van der Waals surface area contributed by atoms with Crippen LogP contribution >= 0.6 is 0 Å². The molecule has 1 aromatic heterocycles. The van der Waals surface area contributed by atoms with Gasteiger partial charge in [0.25, 0.3) is 0 Å². The number of aryl methyl sites for hydroxylation is 3. The van der Waals surface area contributed by atoms with E-state index >= 15 is 0 Å². The third kappa shape index (κ3) is 3.43. The van der Waals surface area contributed by atoms with E-state index in [0.717, 1.165) is 6.42 Å². The Bertz CT molecular complexity index is 991. The van der Waals surface area contributed by atoms with Crippen molar-refractivity contribution in [3.63, 3.8) is 0 Å². The molecule has 1 unspecified atom stereocenters. The summed E-state index contributed by atoms with van der Waals surface area (Å²) < 4.78 is 6.61. The Labute approximate surface area is 152 Å². The minimum absolute atomic E-state index is 0.193. The highest BCUT2D eigenvalue weighted by Gasteiger charge is 2.20. The van der Waals surface area contributed by atoms with E-state index in [1.807, 2.05) is 6.07 Å². The molecule has 26 heavy (non-hydrogen) atoms. The van der Waals surface area contributed by atoms with E-state index in [-0.39, 0.29) is 5.91 Å². The summed E-state index contributed by atoms with van der Waals surface area (Å²) in [5, 5.41) is 2.94. The molecule has 0 fully saturated rings. The molecule has 5 nitrogen and oxygen atoms in total. The number of carbonyl (C=O) groups excluding carboxylic acids is 1. The van der Waals surface area contributed by atoms with Crippen molar-refractivity contribution < 1.29 is 9.21 Å². The number of rotatable bonds is 5. The van der Waals surface area contributed by atoms with Crippen LogP contribution in [-0.4, -0.2) is 17.0 Å². The summed E-state index contributed by atoms with van der Waals surface area (Å²) in [6.45, 7) is 8.51. The molecule has 136 valence electrons. The van der Waals surface area contributed by atoms with Crippen LogP contribution in [0.15, 0.2) is 45.6 Å². The van der Waals surface area contributed by atoms with Crippen molar-refractivity contribution in [2.24, 2.45) is 0 Å². The summed E-state index contributed by atoms with van der Waals surface area (Å²) >= 11 is 0. The molecule has 1 heterocycles. The molecular formula is C21H24N2O3. The van der Waals surface area contributed by atoms with Gasteiger partial charge in [0.1, 0.15) is 6.04 Å². The minimum atomic E-state index is -0.633. The van der Waals surface area contributed by atoms with Gasteiger partial charge in [-0.15, -0.1) is 0 Å². The van der Waals surface area contributed by atoms with Crippen LogP contribution in [0, 0.1) is 20.8 Å². The third-order valence-corrected chi connectivity index (χ3v) is 4.80. The number of para-hydroxylation sites is 2. The van der Waals surface area contributed by atoms with Gasteiger partial charge in [-0.05, 0) is 62.9 Å². The number of carbonyl (C=O) groups is 1. The van der Waals surface area contributed by atoms with Crippen molar-refractivity contribution in [2.75, 3.05) is 6.54 Å². The number of aromatic nitrogens is 1. The van der Waals surface area contributed by atoms with Crippen molar-refractivity contribution in [2.45, 2.75) is 40.2 Å². The molecule has 5 heteroatoms. The number of benzene rings is 2. The van der Waals surface area contributed by atoms with Gasteiger partial charge in [-0.25, -0.2) is 4.79 Å². The van der Waals surface area contributed by atoms with Gasteiger partial charge < -0.3 is 9.73 Å². The van der Waals surface area contributed by atoms with E-state index in [1.54, 1.807) is 25.1 Å². The molecule has 3 rings (SSSR count). The largest absolute Gasteiger partial charge is 0.420 e. The van der Waals surface area contributed by atoms with Crippen molar-refractivity contribution in [1.82, 2.24) is 9.88 Å². The van der Waals surface area contributed by atoms with Gasteiger partial charge in [-0.3, -0.25) is 9.36 Å². The van der Waals surface area contributed by atoms with Crippen LogP contribution in [-0.2, 0) is 11.2 Å². The van der Waals surface area contributed by atoms with Gasteiger partial charge in [0.05, 0.1) is 5.52 Å². The molecule has 0 aliphatic rings. The number of hydrogen-bond donors (Lipinski definition) is 1. The molecule has 0 bridgehead atoms. The number of hydrogen-bond acceptors (Lipinski definition) is 3. The van der Waals surface area contributed by atoms with Crippen molar-refractivity contribution in [3.8, 4) is 0 Å². The zero-order chi connectivity index (χ0) is 18.8. The fourth-order valence-electron chi connectivity index (χ4n) is 3.53. The smallest absolute Gasteiger partial charge is 0.408 e. The molecule has 0 spiro atoms. The molecule has 0 saturated heterocycles. The van der Waals surface area contributed by atoms with E-state index < -0.39 is 11.8 Å². The molecular weight excluding hydrogens is 328 g/mol. The Morgan fingerprint density at radius 2 is 1.81 bits per heavy atom. The number of amides is 1. The van der Waals surface area contributed by atoms with Gasteiger partial charge in [-0.2, -0.15) is 0 Å².